The van der Waals surface area contributed by atoms with Crippen molar-refractivity contribution in [3.63, 3.8) is 0 Å². The summed E-state index contributed by atoms with van der Waals surface area (Å²) in [5.74, 6) is 0.981. The van der Waals surface area contributed by atoms with Gasteiger partial charge in [0.25, 0.3) is 0 Å². The minimum atomic E-state index is 0.150. The molecule has 15 heavy (non-hydrogen) atoms. The molecule has 1 atom stereocenters. The van der Waals surface area contributed by atoms with Crippen molar-refractivity contribution >= 4 is 5.91 Å². The second-order valence-corrected chi connectivity index (χ2v) is 3.87. The highest BCUT2D eigenvalue weighted by Crippen LogP contribution is 2.06. The number of hydrogen-bond acceptors (Lipinski definition) is 4. The Hall–Kier alpha value is -1.36. The van der Waals surface area contributed by atoms with Crippen molar-refractivity contribution in [1.82, 2.24) is 15.8 Å². The fourth-order valence-electron chi connectivity index (χ4n) is 1.70. The van der Waals surface area contributed by atoms with Gasteiger partial charge in [0, 0.05) is 25.1 Å². The van der Waals surface area contributed by atoms with Gasteiger partial charge in [0.15, 0.2) is 5.76 Å². The zero-order valence-electron chi connectivity index (χ0n) is 8.75. The van der Waals surface area contributed by atoms with Crippen LogP contribution in [0.1, 0.15) is 24.3 Å². The molecule has 5 heteroatoms. The van der Waals surface area contributed by atoms with E-state index in [9.17, 15) is 4.79 Å². The van der Waals surface area contributed by atoms with Crippen molar-refractivity contribution in [1.29, 1.82) is 0 Å². The molecule has 0 bridgehead atoms. The van der Waals surface area contributed by atoms with Crippen LogP contribution >= 0.6 is 0 Å². The van der Waals surface area contributed by atoms with Gasteiger partial charge in [0.2, 0.25) is 5.91 Å². The number of amides is 1. The summed E-state index contributed by atoms with van der Waals surface area (Å²) < 4.78 is 5.05. The first-order valence-electron chi connectivity index (χ1n) is 5.16. The number of carbonyl (C=O) groups is 1. The van der Waals surface area contributed by atoms with Crippen LogP contribution in [0.25, 0.3) is 0 Å². The molecule has 1 aromatic heterocycles. The highest BCUT2D eigenvalue weighted by atomic mass is 16.5. The van der Waals surface area contributed by atoms with Crippen LogP contribution in [0.4, 0.5) is 0 Å². The molecule has 0 radical (unpaired) electrons. The van der Waals surface area contributed by atoms with Crippen LogP contribution < -0.4 is 10.6 Å². The van der Waals surface area contributed by atoms with Gasteiger partial charge >= 0.3 is 0 Å². The lowest BCUT2D eigenvalue weighted by Crippen LogP contribution is -2.35. The third kappa shape index (κ3) is 2.79. The smallest absolute Gasteiger partial charge is 0.220 e. The molecule has 1 aliphatic rings. The van der Waals surface area contributed by atoms with Crippen molar-refractivity contribution in [3.05, 3.63) is 17.5 Å². The van der Waals surface area contributed by atoms with Crippen molar-refractivity contribution in [2.45, 2.75) is 32.4 Å². The molecule has 2 N–H and O–H groups in total. The molecule has 0 spiro atoms. The number of nitrogens with one attached hydrogen (secondary N) is 2. The van der Waals surface area contributed by atoms with Gasteiger partial charge in [-0.3, -0.25) is 4.79 Å². The average Bonchev–Trinajstić information content (AvgIpc) is 2.76. The van der Waals surface area contributed by atoms with E-state index >= 15 is 0 Å². The summed E-state index contributed by atoms with van der Waals surface area (Å²) in [5, 5.41) is 9.92. The van der Waals surface area contributed by atoms with Crippen molar-refractivity contribution < 1.29 is 9.32 Å². The monoisotopic (exact) mass is 209 g/mol. The van der Waals surface area contributed by atoms with Gasteiger partial charge in [0.1, 0.15) is 0 Å². The Labute approximate surface area is 88.2 Å². The van der Waals surface area contributed by atoms with E-state index in [1.165, 1.54) is 0 Å². The number of carbonyl (C=O) groups excluding carboxylic acids is 1. The van der Waals surface area contributed by atoms with Crippen molar-refractivity contribution in [2.24, 2.45) is 0 Å². The fraction of sp³-hybridized carbons (Fsp3) is 0.600. The number of hydrogen-bond donors (Lipinski definition) is 2. The quantitative estimate of drug-likeness (QED) is 0.751. The molecule has 1 fully saturated rings. The predicted molar refractivity (Wildman–Crippen MR) is 54.1 cm³/mol. The van der Waals surface area contributed by atoms with E-state index in [1.807, 2.05) is 13.0 Å². The molecule has 2 heterocycles. The van der Waals surface area contributed by atoms with Crippen LogP contribution in [-0.4, -0.2) is 23.7 Å². The van der Waals surface area contributed by atoms with Crippen molar-refractivity contribution in [2.75, 3.05) is 6.54 Å². The zero-order valence-corrected chi connectivity index (χ0v) is 8.75. The summed E-state index contributed by atoms with van der Waals surface area (Å²) in [4.78, 5) is 10.9. The van der Waals surface area contributed by atoms with E-state index in [-0.39, 0.29) is 11.9 Å². The Bertz CT molecular complexity index is 348. The highest BCUT2D eigenvalue weighted by Gasteiger charge is 2.19. The standard InChI is InChI=1S/C10H15N3O2/c1-7-4-9(15-13-7)6-11-5-8-2-3-10(14)12-8/h4,8,11H,2-3,5-6H2,1H3,(H,12,14). The molecule has 0 saturated carbocycles. The van der Waals surface area contributed by atoms with Gasteiger partial charge in [-0.2, -0.15) is 0 Å². The number of aromatic nitrogens is 1. The summed E-state index contributed by atoms with van der Waals surface area (Å²) in [6, 6.07) is 2.17. The minimum absolute atomic E-state index is 0.150. The molecule has 2 rings (SSSR count). The summed E-state index contributed by atoms with van der Waals surface area (Å²) >= 11 is 0. The topological polar surface area (TPSA) is 67.2 Å². The molecule has 0 aliphatic carbocycles. The highest BCUT2D eigenvalue weighted by molar-refractivity contribution is 5.78. The number of nitrogens with zero attached hydrogens (tertiary/aromatic N) is 1. The van der Waals surface area contributed by atoms with Gasteiger partial charge < -0.3 is 15.2 Å². The second-order valence-electron chi connectivity index (χ2n) is 3.87. The Morgan fingerprint density at radius 3 is 3.20 bits per heavy atom. The molecule has 5 nitrogen and oxygen atoms in total. The molecular weight excluding hydrogens is 194 g/mol. The van der Waals surface area contributed by atoms with Gasteiger partial charge in [-0.05, 0) is 13.3 Å². The van der Waals surface area contributed by atoms with Gasteiger partial charge in [-0.1, -0.05) is 5.16 Å². The molecule has 0 aromatic carbocycles. The zero-order chi connectivity index (χ0) is 10.7. The van der Waals surface area contributed by atoms with Gasteiger partial charge in [-0.15, -0.1) is 0 Å². The lowest BCUT2D eigenvalue weighted by molar-refractivity contribution is -0.119. The first kappa shape index (κ1) is 10.2. The van der Waals surface area contributed by atoms with E-state index < -0.39 is 0 Å². The normalized spacial score (nSPS) is 20.6. The van der Waals surface area contributed by atoms with Crippen LogP contribution in [0, 0.1) is 6.92 Å². The van der Waals surface area contributed by atoms with Crippen LogP contribution in [0.15, 0.2) is 10.6 Å². The molecule has 1 aromatic rings. The summed E-state index contributed by atoms with van der Waals surface area (Å²) in [6.45, 7) is 3.34. The first-order valence-corrected chi connectivity index (χ1v) is 5.16. The largest absolute Gasteiger partial charge is 0.360 e. The molecule has 82 valence electrons. The molecular formula is C10H15N3O2. The Morgan fingerprint density at radius 2 is 2.60 bits per heavy atom. The van der Waals surface area contributed by atoms with Crippen LogP contribution in [0.2, 0.25) is 0 Å². The van der Waals surface area contributed by atoms with E-state index in [0.29, 0.717) is 13.0 Å². The van der Waals surface area contributed by atoms with E-state index in [4.69, 9.17) is 4.52 Å². The van der Waals surface area contributed by atoms with Gasteiger partial charge in [0.05, 0.1) is 12.2 Å². The third-order valence-corrected chi connectivity index (χ3v) is 2.45. The Balaban J connectivity index is 1.69. The number of aryl methyl sites for hydroxylation is 1. The maximum absolute atomic E-state index is 10.9. The average molecular weight is 209 g/mol. The maximum Gasteiger partial charge on any atom is 0.220 e. The molecule has 1 saturated heterocycles. The Kier molecular flexibility index (Phi) is 3.01. The first-order chi connectivity index (χ1) is 7.24. The molecule has 1 aliphatic heterocycles. The van der Waals surface area contributed by atoms with E-state index in [2.05, 4.69) is 15.8 Å². The van der Waals surface area contributed by atoms with Crippen molar-refractivity contribution in [3.8, 4) is 0 Å². The summed E-state index contributed by atoms with van der Waals surface area (Å²) in [5.41, 5.74) is 0.890. The summed E-state index contributed by atoms with van der Waals surface area (Å²) in [7, 11) is 0. The van der Waals surface area contributed by atoms with Gasteiger partial charge in [-0.25, -0.2) is 0 Å². The van der Waals surface area contributed by atoms with Crippen LogP contribution in [0.3, 0.4) is 0 Å². The van der Waals surface area contributed by atoms with E-state index in [0.717, 1.165) is 24.4 Å². The lowest BCUT2D eigenvalue weighted by atomic mass is 10.2. The second kappa shape index (κ2) is 4.44. The lowest BCUT2D eigenvalue weighted by Gasteiger charge is -2.09. The number of rotatable bonds is 4. The minimum Gasteiger partial charge on any atom is -0.360 e. The molecule has 1 amide bonds. The fourth-order valence-corrected chi connectivity index (χ4v) is 1.70. The van der Waals surface area contributed by atoms with E-state index in [1.54, 1.807) is 0 Å². The molecule has 1 unspecified atom stereocenters. The predicted octanol–water partition coefficient (Wildman–Crippen LogP) is 0.351. The van der Waals surface area contributed by atoms with Crippen LogP contribution in [0.5, 0.6) is 0 Å². The third-order valence-electron chi connectivity index (χ3n) is 2.45. The Morgan fingerprint density at radius 1 is 1.73 bits per heavy atom. The van der Waals surface area contributed by atoms with Crippen LogP contribution in [-0.2, 0) is 11.3 Å². The maximum atomic E-state index is 10.9. The SMILES string of the molecule is Cc1cc(CNCC2CCC(=O)N2)on1. The summed E-state index contributed by atoms with van der Waals surface area (Å²) in [6.07, 6.45) is 1.56.